The molecule has 0 atom stereocenters. The van der Waals surface area contributed by atoms with Crippen LogP contribution in [0.2, 0.25) is 0 Å². The van der Waals surface area contributed by atoms with Crippen LogP contribution in [0.4, 0.5) is 5.69 Å². The van der Waals surface area contributed by atoms with Gasteiger partial charge >= 0.3 is 0 Å². The van der Waals surface area contributed by atoms with Gasteiger partial charge in [-0.3, -0.25) is 14.5 Å². The second-order valence-corrected chi connectivity index (χ2v) is 4.57. The third kappa shape index (κ3) is 2.87. The molecule has 21 heavy (non-hydrogen) atoms. The average molecular weight is 283 g/mol. The fraction of sp³-hybridized carbons (Fsp3) is 0.143. The molecule has 3 rings (SSSR count). The summed E-state index contributed by atoms with van der Waals surface area (Å²) in [5, 5.41) is 22.0. The van der Waals surface area contributed by atoms with E-state index in [4.69, 9.17) is 0 Å². The maximum atomic E-state index is 10.6. The van der Waals surface area contributed by atoms with E-state index in [1.807, 2.05) is 28.8 Å². The summed E-state index contributed by atoms with van der Waals surface area (Å²) in [5.74, 6) is 0.826. The molecule has 0 aliphatic carbocycles. The largest absolute Gasteiger partial charge is 0.306 e. The molecule has 7 heteroatoms. The molecule has 1 aromatic carbocycles. The summed E-state index contributed by atoms with van der Waals surface area (Å²) in [6, 6.07) is 12.2. The Labute approximate surface area is 120 Å². The van der Waals surface area contributed by atoms with Crippen molar-refractivity contribution in [2.45, 2.75) is 13.1 Å². The minimum atomic E-state index is -0.403. The summed E-state index contributed by atoms with van der Waals surface area (Å²) >= 11 is 0. The highest BCUT2D eigenvalue weighted by atomic mass is 16.6. The average Bonchev–Trinajstić information content (AvgIpc) is 2.91. The molecule has 0 fully saturated rings. The number of aromatic nitrogens is 3. The lowest BCUT2D eigenvalue weighted by Crippen LogP contribution is -2.14. The third-order valence-electron chi connectivity index (χ3n) is 3.14. The fourth-order valence-corrected chi connectivity index (χ4v) is 2.07. The van der Waals surface area contributed by atoms with Gasteiger partial charge in [0.05, 0.1) is 11.5 Å². The summed E-state index contributed by atoms with van der Waals surface area (Å²) in [4.78, 5) is 10.2. The third-order valence-corrected chi connectivity index (χ3v) is 3.14. The Balaban J connectivity index is 1.62. The van der Waals surface area contributed by atoms with E-state index < -0.39 is 4.92 Å². The number of pyridine rings is 1. The molecule has 2 aromatic heterocycles. The molecule has 7 nitrogen and oxygen atoms in total. The van der Waals surface area contributed by atoms with E-state index in [9.17, 15) is 10.1 Å². The molecular formula is C14H13N5O2. The maximum Gasteiger partial charge on any atom is 0.269 e. The van der Waals surface area contributed by atoms with E-state index in [1.165, 1.54) is 12.1 Å². The molecule has 0 amide bonds. The molecule has 0 aliphatic rings. The molecule has 1 N–H and O–H groups in total. The maximum absolute atomic E-state index is 10.6. The number of hydrogen-bond donors (Lipinski definition) is 1. The van der Waals surface area contributed by atoms with Crippen LogP contribution < -0.4 is 5.32 Å². The number of nitro groups is 1. The van der Waals surface area contributed by atoms with Crippen LogP contribution in [0.3, 0.4) is 0 Å². The highest BCUT2D eigenvalue weighted by molar-refractivity contribution is 5.37. The molecule has 0 unspecified atom stereocenters. The molecule has 0 saturated carbocycles. The standard InChI is InChI=1S/C14H13N5O2/c20-19(21)12-6-4-11(5-7-12)9-15-10-14-17-16-13-3-1-2-8-18(13)14/h1-8,15H,9-10H2. The highest BCUT2D eigenvalue weighted by Gasteiger charge is 2.05. The molecule has 0 radical (unpaired) electrons. The fourth-order valence-electron chi connectivity index (χ4n) is 2.07. The lowest BCUT2D eigenvalue weighted by molar-refractivity contribution is -0.384. The first-order chi connectivity index (χ1) is 10.2. The predicted octanol–water partition coefficient (Wildman–Crippen LogP) is 1.93. The topological polar surface area (TPSA) is 85.4 Å². The summed E-state index contributed by atoms with van der Waals surface area (Å²) < 4.78 is 1.92. The quantitative estimate of drug-likeness (QED) is 0.571. The number of benzene rings is 1. The molecule has 0 spiro atoms. The zero-order valence-electron chi connectivity index (χ0n) is 11.1. The van der Waals surface area contributed by atoms with Crippen molar-refractivity contribution < 1.29 is 4.92 Å². The van der Waals surface area contributed by atoms with Gasteiger partial charge in [-0.2, -0.15) is 0 Å². The molecular weight excluding hydrogens is 270 g/mol. The zero-order chi connectivity index (χ0) is 14.7. The van der Waals surface area contributed by atoms with Gasteiger partial charge in [-0.25, -0.2) is 0 Å². The summed E-state index contributed by atoms with van der Waals surface area (Å²) in [6.07, 6.45) is 1.91. The molecule has 0 saturated heterocycles. The monoisotopic (exact) mass is 283 g/mol. The van der Waals surface area contributed by atoms with Crippen molar-refractivity contribution in [1.82, 2.24) is 19.9 Å². The van der Waals surface area contributed by atoms with Gasteiger partial charge in [0.25, 0.3) is 5.69 Å². The minimum Gasteiger partial charge on any atom is -0.306 e. The number of fused-ring (bicyclic) bond motifs is 1. The minimum absolute atomic E-state index is 0.0993. The number of nitrogens with zero attached hydrogens (tertiary/aromatic N) is 4. The highest BCUT2D eigenvalue weighted by Crippen LogP contribution is 2.11. The van der Waals surface area contributed by atoms with Crippen molar-refractivity contribution in [1.29, 1.82) is 0 Å². The zero-order valence-corrected chi connectivity index (χ0v) is 11.1. The number of nitrogens with one attached hydrogen (secondary N) is 1. The van der Waals surface area contributed by atoms with E-state index in [0.717, 1.165) is 17.0 Å². The van der Waals surface area contributed by atoms with Gasteiger partial charge < -0.3 is 5.32 Å². The van der Waals surface area contributed by atoms with E-state index in [2.05, 4.69) is 15.5 Å². The lowest BCUT2D eigenvalue weighted by atomic mass is 10.2. The molecule has 0 aliphatic heterocycles. The van der Waals surface area contributed by atoms with Crippen LogP contribution in [0.25, 0.3) is 5.65 Å². The first-order valence-corrected chi connectivity index (χ1v) is 6.47. The van der Waals surface area contributed by atoms with Gasteiger partial charge in [-0.15, -0.1) is 10.2 Å². The Morgan fingerprint density at radius 3 is 2.67 bits per heavy atom. The van der Waals surface area contributed by atoms with Crippen molar-refractivity contribution in [3.63, 3.8) is 0 Å². The smallest absolute Gasteiger partial charge is 0.269 e. The van der Waals surface area contributed by atoms with Gasteiger partial charge in [0.2, 0.25) is 0 Å². The van der Waals surface area contributed by atoms with Crippen molar-refractivity contribution in [2.24, 2.45) is 0 Å². The van der Waals surface area contributed by atoms with E-state index in [1.54, 1.807) is 12.1 Å². The number of hydrogen-bond acceptors (Lipinski definition) is 5. The predicted molar refractivity (Wildman–Crippen MR) is 76.6 cm³/mol. The van der Waals surface area contributed by atoms with Crippen molar-refractivity contribution in [2.75, 3.05) is 0 Å². The Hall–Kier alpha value is -2.80. The van der Waals surface area contributed by atoms with E-state index >= 15 is 0 Å². The Morgan fingerprint density at radius 1 is 1.10 bits per heavy atom. The van der Waals surface area contributed by atoms with Gasteiger partial charge in [0, 0.05) is 24.9 Å². The summed E-state index contributed by atoms with van der Waals surface area (Å²) in [6.45, 7) is 1.18. The Morgan fingerprint density at radius 2 is 1.90 bits per heavy atom. The van der Waals surface area contributed by atoms with Gasteiger partial charge in [-0.1, -0.05) is 18.2 Å². The molecule has 0 bridgehead atoms. The van der Waals surface area contributed by atoms with Crippen molar-refractivity contribution >= 4 is 11.3 Å². The second-order valence-electron chi connectivity index (χ2n) is 4.57. The van der Waals surface area contributed by atoms with E-state index in [0.29, 0.717) is 13.1 Å². The first-order valence-electron chi connectivity index (χ1n) is 6.47. The normalized spacial score (nSPS) is 10.9. The number of rotatable bonds is 5. The second kappa shape index (κ2) is 5.68. The molecule has 2 heterocycles. The van der Waals surface area contributed by atoms with Crippen LogP contribution in [0.5, 0.6) is 0 Å². The SMILES string of the molecule is O=[N+]([O-])c1ccc(CNCc2nnc3ccccn23)cc1. The molecule has 3 aromatic rings. The van der Waals surface area contributed by atoms with Gasteiger partial charge in [0.1, 0.15) is 0 Å². The van der Waals surface area contributed by atoms with Crippen LogP contribution in [0.1, 0.15) is 11.4 Å². The van der Waals surface area contributed by atoms with Crippen LogP contribution >= 0.6 is 0 Å². The summed E-state index contributed by atoms with van der Waals surface area (Å²) in [5.41, 5.74) is 1.89. The number of nitro benzene ring substituents is 1. The van der Waals surface area contributed by atoms with Crippen LogP contribution in [0.15, 0.2) is 48.7 Å². The first kappa shape index (κ1) is 13.2. The van der Waals surface area contributed by atoms with Crippen molar-refractivity contribution in [3.8, 4) is 0 Å². The van der Waals surface area contributed by atoms with Gasteiger partial charge in [0.15, 0.2) is 11.5 Å². The summed E-state index contributed by atoms with van der Waals surface area (Å²) in [7, 11) is 0. The Kier molecular flexibility index (Phi) is 3.57. The van der Waals surface area contributed by atoms with Crippen molar-refractivity contribution in [3.05, 3.63) is 70.2 Å². The van der Waals surface area contributed by atoms with Crippen LogP contribution in [0, 0.1) is 10.1 Å². The van der Waals surface area contributed by atoms with Crippen LogP contribution in [-0.2, 0) is 13.1 Å². The number of non-ortho nitro benzene ring substituents is 1. The lowest BCUT2D eigenvalue weighted by Gasteiger charge is -2.04. The van der Waals surface area contributed by atoms with E-state index in [-0.39, 0.29) is 5.69 Å². The van der Waals surface area contributed by atoms with Crippen LogP contribution in [-0.4, -0.2) is 19.5 Å². The van der Waals surface area contributed by atoms with Gasteiger partial charge in [-0.05, 0) is 17.7 Å². The molecule has 106 valence electrons. The Bertz CT molecular complexity index is 766.